The highest BCUT2D eigenvalue weighted by Crippen LogP contribution is 2.28. The maximum absolute atomic E-state index is 12.0. The van der Waals surface area contributed by atoms with Crippen LogP contribution in [-0.4, -0.2) is 24.5 Å². The van der Waals surface area contributed by atoms with Gasteiger partial charge in [0.05, 0.1) is 0 Å². The summed E-state index contributed by atoms with van der Waals surface area (Å²) in [6.45, 7) is 7.06. The lowest BCUT2D eigenvalue weighted by Gasteiger charge is -2.17. The second kappa shape index (κ2) is 8.34. The first-order chi connectivity index (χ1) is 11.6. The van der Waals surface area contributed by atoms with Gasteiger partial charge in [0, 0.05) is 24.8 Å². The number of nitrogens with one attached hydrogen (secondary N) is 3. The number of hydrogen-bond acceptors (Lipinski definition) is 4. The number of amides is 1. The quantitative estimate of drug-likeness (QED) is 0.725. The van der Waals surface area contributed by atoms with Gasteiger partial charge in [0.1, 0.15) is 11.6 Å². The molecule has 0 unspecified atom stereocenters. The van der Waals surface area contributed by atoms with E-state index >= 15 is 0 Å². The molecule has 0 atom stereocenters. The molecule has 1 aromatic heterocycles. The van der Waals surface area contributed by atoms with Crippen molar-refractivity contribution in [3.8, 4) is 0 Å². The van der Waals surface area contributed by atoms with Gasteiger partial charge in [-0.25, -0.2) is 4.98 Å². The summed E-state index contributed by atoms with van der Waals surface area (Å²) in [5.41, 5.74) is 3.98. The molecule has 0 fully saturated rings. The summed E-state index contributed by atoms with van der Waals surface area (Å²) in [5, 5.41) is 9.36. The Morgan fingerprint density at radius 3 is 2.21 bits per heavy atom. The number of carbonyl (C=O) groups is 1. The second-order valence-electron chi connectivity index (χ2n) is 5.52. The number of hydrogen-bond donors (Lipinski definition) is 3. The average molecular weight is 326 g/mol. The first-order valence-electron chi connectivity index (χ1n) is 8.48. The number of pyridine rings is 1. The first-order valence-corrected chi connectivity index (χ1v) is 8.48. The molecule has 2 rings (SSSR count). The van der Waals surface area contributed by atoms with Gasteiger partial charge in [-0.1, -0.05) is 19.9 Å². The number of benzene rings is 1. The Balaban J connectivity index is 2.41. The molecular formula is C19H26N4O. The summed E-state index contributed by atoms with van der Waals surface area (Å²) >= 11 is 0. The van der Waals surface area contributed by atoms with Crippen LogP contribution in [0.5, 0.6) is 0 Å². The van der Waals surface area contributed by atoms with Crippen LogP contribution in [0, 0.1) is 0 Å². The number of aryl methyl sites for hydroxylation is 2. The van der Waals surface area contributed by atoms with E-state index in [9.17, 15) is 4.79 Å². The molecule has 0 bridgehead atoms. The molecule has 0 saturated heterocycles. The van der Waals surface area contributed by atoms with Gasteiger partial charge in [-0.2, -0.15) is 0 Å². The molecule has 3 N–H and O–H groups in total. The van der Waals surface area contributed by atoms with Crippen molar-refractivity contribution >= 4 is 23.2 Å². The molecule has 5 heteroatoms. The van der Waals surface area contributed by atoms with Crippen molar-refractivity contribution in [1.29, 1.82) is 0 Å². The number of rotatable bonds is 7. The van der Waals surface area contributed by atoms with Crippen LogP contribution in [-0.2, 0) is 12.8 Å². The van der Waals surface area contributed by atoms with Crippen molar-refractivity contribution in [2.24, 2.45) is 0 Å². The lowest BCUT2D eigenvalue weighted by atomic mass is 9.98. The van der Waals surface area contributed by atoms with Crippen LogP contribution in [0.3, 0.4) is 0 Å². The van der Waals surface area contributed by atoms with Crippen LogP contribution in [0.15, 0.2) is 30.3 Å². The molecule has 0 saturated carbocycles. The molecule has 0 aliphatic rings. The SMILES string of the molecule is CCNc1cccc(Nc2c(CC)cc(C(=O)NC)cc2CC)n1. The fourth-order valence-corrected chi connectivity index (χ4v) is 2.67. The predicted molar refractivity (Wildman–Crippen MR) is 100 cm³/mol. The predicted octanol–water partition coefficient (Wildman–Crippen LogP) is 3.74. The third kappa shape index (κ3) is 4.04. The zero-order chi connectivity index (χ0) is 17.5. The highest BCUT2D eigenvalue weighted by Gasteiger charge is 2.13. The molecule has 128 valence electrons. The third-order valence-electron chi connectivity index (χ3n) is 3.91. The van der Waals surface area contributed by atoms with Crippen LogP contribution < -0.4 is 16.0 Å². The summed E-state index contributed by atoms with van der Waals surface area (Å²) in [6, 6.07) is 9.78. The summed E-state index contributed by atoms with van der Waals surface area (Å²) in [6.07, 6.45) is 1.68. The van der Waals surface area contributed by atoms with E-state index in [2.05, 4.69) is 34.8 Å². The van der Waals surface area contributed by atoms with Gasteiger partial charge in [0.25, 0.3) is 5.91 Å². The Bertz CT molecular complexity index is 687. The minimum atomic E-state index is -0.0572. The molecule has 0 aliphatic heterocycles. The van der Waals surface area contributed by atoms with Gasteiger partial charge >= 0.3 is 0 Å². The van der Waals surface area contributed by atoms with Crippen LogP contribution >= 0.6 is 0 Å². The summed E-state index contributed by atoms with van der Waals surface area (Å²) in [7, 11) is 1.65. The van der Waals surface area contributed by atoms with E-state index in [4.69, 9.17) is 0 Å². The van der Waals surface area contributed by atoms with Crippen molar-refractivity contribution in [3.63, 3.8) is 0 Å². The van der Waals surface area contributed by atoms with Gasteiger partial charge in [0.15, 0.2) is 0 Å². The van der Waals surface area contributed by atoms with Crippen LogP contribution in [0.4, 0.5) is 17.3 Å². The zero-order valence-electron chi connectivity index (χ0n) is 14.9. The molecule has 1 amide bonds. The number of aromatic nitrogens is 1. The van der Waals surface area contributed by atoms with Gasteiger partial charge in [0.2, 0.25) is 0 Å². The number of nitrogens with zero attached hydrogens (tertiary/aromatic N) is 1. The maximum Gasteiger partial charge on any atom is 0.251 e. The lowest BCUT2D eigenvalue weighted by Crippen LogP contribution is -2.18. The standard InChI is InChI=1S/C19H26N4O/c1-5-13-11-15(19(24)20-4)12-14(6-2)18(13)23-17-10-8-9-16(22-17)21-7-3/h8-12H,5-7H2,1-4H3,(H,20,24)(H2,21,22,23). The van der Waals surface area contributed by atoms with Crippen molar-refractivity contribution in [2.75, 3.05) is 24.2 Å². The van der Waals surface area contributed by atoms with E-state index < -0.39 is 0 Å². The zero-order valence-corrected chi connectivity index (χ0v) is 14.9. The van der Waals surface area contributed by atoms with Crippen LogP contribution in [0.2, 0.25) is 0 Å². The van der Waals surface area contributed by atoms with E-state index in [0.29, 0.717) is 5.56 Å². The van der Waals surface area contributed by atoms with E-state index in [0.717, 1.165) is 47.8 Å². The fourth-order valence-electron chi connectivity index (χ4n) is 2.67. The summed E-state index contributed by atoms with van der Waals surface area (Å²) in [4.78, 5) is 16.6. The molecule has 5 nitrogen and oxygen atoms in total. The fraction of sp³-hybridized carbons (Fsp3) is 0.368. The van der Waals surface area contributed by atoms with Crippen molar-refractivity contribution in [2.45, 2.75) is 33.6 Å². The Labute approximate surface area is 143 Å². The minimum absolute atomic E-state index is 0.0572. The van der Waals surface area contributed by atoms with Crippen molar-refractivity contribution < 1.29 is 4.79 Å². The normalized spacial score (nSPS) is 10.3. The van der Waals surface area contributed by atoms with E-state index in [1.54, 1.807) is 7.05 Å². The Morgan fingerprint density at radius 2 is 1.67 bits per heavy atom. The summed E-state index contributed by atoms with van der Waals surface area (Å²) in [5.74, 6) is 1.59. The van der Waals surface area contributed by atoms with Crippen molar-refractivity contribution in [3.05, 3.63) is 47.0 Å². The van der Waals surface area contributed by atoms with Crippen LogP contribution in [0.25, 0.3) is 0 Å². The first kappa shape index (κ1) is 17.8. The van der Waals surface area contributed by atoms with E-state index in [1.807, 2.05) is 37.3 Å². The smallest absolute Gasteiger partial charge is 0.251 e. The minimum Gasteiger partial charge on any atom is -0.370 e. The Hall–Kier alpha value is -2.56. The Kier molecular flexibility index (Phi) is 6.18. The average Bonchev–Trinajstić information content (AvgIpc) is 2.61. The van der Waals surface area contributed by atoms with Crippen LogP contribution in [0.1, 0.15) is 42.3 Å². The summed E-state index contributed by atoms with van der Waals surface area (Å²) < 4.78 is 0. The van der Waals surface area contributed by atoms with Gasteiger partial charge in [-0.3, -0.25) is 4.79 Å². The molecule has 0 spiro atoms. The molecule has 0 radical (unpaired) electrons. The molecule has 24 heavy (non-hydrogen) atoms. The maximum atomic E-state index is 12.0. The van der Waals surface area contributed by atoms with E-state index in [1.165, 1.54) is 0 Å². The topological polar surface area (TPSA) is 66.0 Å². The monoisotopic (exact) mass is 326 g/mol. The highest BCUT2D eigenvalue weighted by atomic mass is 16.1. The number of anilines is 3. The highest BCUT2D eigenvalue weighted by molar-refractivity contribution is 5.95. The molecule has 0 aliphatic carbocycles. The Morgan fingerprint density at radius 1 is 1.04 bits per heavy atom. The lowest BCUT2D eigenvalue weighted by molar-refractivity contribution is 0.0963. The molecule has 1 aromatic carbocycles. The largest absolute Gasteiger partial charge is 0.370 e. The molecule has 2 aromatic rings. The van der Waals surface area contributed by atoms with E-state index in [-0.39, 0.29) is 5.91 Å². The molecular weight excluding hydrogens is 300 g/mol. The molecule has 1 heterocycles. The number of carbonyl (C=O) groups excluding carboxylic acids is 1. The van der Waals surface area contributed by atoms with Crippen molar-refractivity contribution in [1.82, 2.24) is 10.3 Å². The third-order valence-corrected chi connectivity index (χ3v) is 3.91. The van der Waals surface area contributed by atoms with Gasteiger partial charge in [-0.15, -0.1) is 0 Å². The van der Waals surface area contributed by atoms with Gasteiger partial charge in [-0.05, 0) is 55.2 Å². The van der Waals surface area contributed by atoms with Gasteiger partial charge < -0.3 is 16.0 Å². The second-order valence-corrected chi connectivity index (χ2v) is 5.52.